The van der Waals surface area contributed by atoms with Gasteiger partial charge >= 0.3 is 0 Å². The lowest BCUT2D eigenvalue weighted by Crippen LogP contribution is -2.24. The highest BCUT2D eigenvalue weighted by atomic mass is 79.9. The monoisotopic (exact) mass is 297 g/mol. The maximum absolute atomic E-state index is 9.98. The van der Waals surface area contributed by atoms with Crippen LogP contribution in [0.4, 0.5) is 0 Å². The van der Waals surface area contributed by atoms with Gasteiger partial charge in [0, 0.05) is 12.1 Å². The van der Waals surface area contributed by atoms with E-state index in [-0.39, 0.29) is 0 Å². The third-order valence-electron chi connectivity index (χ3n) is 3.57. The summed E-state index contributed by atoms with van der Waals surface area (Å²) >= 11 is 3.37. The lowest BCUT2D eigenvalue weighted by atomic mass is 10.0. The minimum atomic E-state index is 0.393. The number of hydrogen-bond acceptors (Lipinski definition) is 2. The van der Waals surface area contributed by atoms with Crippen LogP contribution in [0.5, 0.6) is 5.75 Å². The van der Waals surface area contributed by atoms with Gasteiger partial charge in [0.1, 0.15) is 5.75 Å². The molecule has 0 aliphatic carbocycles. The van der Waals surface area contributed by atoms with Crippen molar-refractivity contribution in [3.8, 4) is 5.75 Å². The first-order valence-electron chi connectivity index (χ1n) is 6.35. The van der Waals surface area contributed by atoms with Gasteiger partial charge in [0.05, 0.1) is 4.47 Å². The van der Waals surface area contributed by atoms with E-state index in [0.29, 0.717) is 5.75 Å². The molecule has 1 aliphatic heterocycles. The maximum atomic E-state index is 9.98. The first-order valence-corrected chi connectivity index (χ1v) is 7.15. The van der Waals surface area contributed by atoms with Crippen LogP contribution in [0.25, 0.3) is 0 Å². The highest BCUT2D eigenvalue weighted by Crippen LogP contribution is 2.29. The maximum Gasteiger partial charge on any atom is 0.134 e. The summed E-state index contributed by atoms with van der Waals surface area (Å²) in [6.07, 6.45) is 3.88. The lowest BCUT2D eigenvalue weighted by molar-refractivity contribution is 0.269. The topological polar surface area (TPSA) is 23.5 Å². The van der Waals surface area contributed by atoms with Crippen molar-refractivity contribution in [2.45, 2.75) is 32.7 Å². The number of benzene rings is 1. The van der Waals surface area contributed by atoms with Crippen LogP contribution in [-0.4, -0.2) is 23.1 Å². The number of phenolic OH excluding ortho intramolecular Hbond substituents is 1. The molecule has 2 nitrogen and oxygen atoms in total. The highest BCUT2D eigenvalue weighted by Gasteiger charge is 2.15. The van der Waals surface area contributed by atoms with Crippen molar-refractivity contribution < 1.29 is 5.11 Å². The van der Waals surface area contributed by atoms with Crippen molar-refractivity contribution in [3.63, 3.8) is 0 Å². The number of phenols is 1. The molecule has 1 aromatic carbocycles. The molecule has 1 aromatic rings. The van der Waals surface area contributed by atoms with Crippen LogP contribution in [0, 0.1) is 5.92 Å². The van der Waals surface area contributed by atoms with Crippen LogP contribution in [-0.2, 0) is 6.54 Å². The van der Waals surface area contributed by atoms with Gasteiger partial charge in [-0.3, -0.25) is 4.90 Å². The van der Waals surface area contributed by atoms with Crippen molar-refractivity contribution in [2.24, 2.45) is 5.92 Å². The van der Waals surface area contributed by atoms with Crippen molar-refractivity contribution in [3.05, 3.63) is 28.2 Å². The lowest BCUT2D eigenvalue weighted by Gasteiger charge is -2.20. The number of rotatable bonds is 2. The van der Waals surface area contributed by atoms with Crippen LogP contribution >= 0.6 is 15.9 Å². The summed E-state index contributed by atoms with van der Waals surface area (Å²) in [5.74, 6) is 1.24. The van der Waals surface area contributed by atoms with E-state index in [1.54, 1.807) is 0 Å². The predicted octanol–water partition coefficient (Wildman–Crippen LogP) is 3.78. The van der Waals surface area contributed by atoms with Gasteiger partial charge in [-0.1, -0.05) is 19.1 Å². The highest BCUT2D eigenvalue weighted by molar-refractivity contribution is 9.10. The van der Waals surface area contributed by atoms with Gasteiger partial charge in [0.15, 0.2) is 0 Å². The van der Waals surface area contributed by atoms with Gasteiger partial charge in [-0.15, -0.1) is 0 Å². The summed E-state index contributed by atoms with van der Waals surface area (Å²) in [5.41, 5.74) is 1.02. The summed E-state index contributed by atoms with van der Waals surface area (Å²) < 4.78 is 0.790. The van der Waals surface area contributed by atoms with Crippen molar-refractivity contribution in [1.29, 1.82) is 0 Å². The molecule has 2 rings (SSSR count). The van der Waals surface area contributed by atoms with Crippen LogP contribution in [0.3, 0.4) is 0 Å². The molecule has 0 radical (unpaired) electrons. The Morgan fingerprint density at radius 1 is 1.35 bits per heavy atom. The second-order valence-electron chi connectivity index (χ2n) is 5.06. The predicted molar refractivity (Wildman–Crippen MR) is 74.1 cm³/mol. The Morgan fingerprint density at radius 3 is 3.00 bits per heavy atom. The summed E-state index contributed by atoms with van der Waals surface area (Å²) in [4.78, 5) is 2.45. The van der Waals surface area contributed by atoms with Gasteiger partial charge in [0.2, 0.25) is 0 Å². The molecule has 94 valence electrons. The van der Waals surface area contributed by atoms with Gasteiger partial charge in [-0.25, -0.2) is 0 Å². The summed E-state index contributed by atoms with van der Waals surface area (Å²) in [5, 5.41) is 9.98. The standard InChI is InChI=1S/C14H20BrNO/c1-11-4-3-8-16(9-7-11)10-12-5-2-6-13(15)14(12)17/h2,5-6,11,17H,3-4,7-10H2,1H3. The molecule has 1 aliphatic rings. The zero-order valence-corrected chi connectivity index (χ0v) is 11.9. The fourth-order valence-electron chi connectivity index (χ4n) is 2.41. The van der Waals surface area contributed by atoms with E-state index in [0.717, 1.165) is 35.6 Å². The van der Waals surface area contributed by atoms with Gasteiger partial charge < -0.3 is 5.11 Å². The van der Waals surface area contributed by atoms with Crippen LogP contribution in [0.2, 0.25) is 0 Å². The van der Waals surface area contributed by atoms with Crippen molar-refractivity contribution in [1.82, 2.24) is 4.90 Å². The molecule has 1 fully saturated rings. The second-order valence-corrected chi connectivity index (χ2v) is 5.91. The van der Waals surface area contributed by atoms with Crippen molar-refractivity contribution in [2.75, 3.05) is 13.1 Å². The molecule has 1 N–H and O–H groups in total. The van der Waals surface area contributed by atoms with E-state index in [1.165, 1.54) is 19.3 Å². The molecule has 0 amide bonds. The third-order valence-corrected chi connectivity index (χ3v) is 4.21. The largest absolute Gasteiger partial charge is 0.506 e. The smallest absolute Gasteiger partial charge is 0.134 e. The Kier molecular flexibility index (Phi) is 4.46. The molecule has 0 saturated carbocycles. The number of likely N-dealkylation sites (tertiary alicyclic amines) is 1. The Labute approximate surface area is 112 Å². The fourth-order valence-corrected chi connectivity index (χ4v) is 2.82. The van der Waals surface area contributed by atoms with E-state index in [4.69, 9.17) is 0 Å². The fraction of sp³-hybridized carbons (Fsp3) is 0.571. The summed E-state index contributed by atoms with van der Waals surface area (Å²) in [6, 6.07) is 5.87. The molecule has 0 aromatic heterocycles. The normalized spacial score (nSPS) is 22.4. The van der Waals surface area contributed by atoms with Crippen LogP contribution < -0.4 is 0 Å². The zero-order chi connectivity index (χ0) is 12.3. The SMILES string of the molecule is CC1CCCN(Cc2cccc(Br)c2O)CC1. The first-order chi connectivity index (χ1) is 8.16. The Balaban J connectivity index is 2.02. The van der Waals surface area contributed by atoms with E-state index in [1.807, 2.05) is 18.2 Å². The number of halogens is 1. The van der Waals surface area contributed by atoms with E-state index in [9.17, 15) is 5.11 Å². The second kappa shape index (κ2) is 5.87. The van der Waals surface area contributed by atoms with Gasteiger partial charge in [-0.05, 0) is 60.3 Å². The first kappa shape index (κ1) is 12.9. The average Bonchev–Trinajstić information content (AvgIpc) is 2.50. The number of hydrogen-bond donors (Lipinski definition) is 1. The molecule has 0 spiro atoms. The number of nitrogens with zero attached hydrogens (tertiary/aromatic N) is 1. The van der Waals surface area contributed by atoms with Crippen molar-refractivity contribution >= 4 is 15.9 Å². The zero-order valence-electron chi connectivity index (χ0n) is 10.3. The van der Waals surface area contributed by atoms with Gasteiger partial charge in [0.25, 0.3) is 0 Å². The molecule has 1 saturated heterocycles. The van der Waals surface area contributed by atoms with Crippen LogP contribution in [0.15, 0.2) is 22.7 Å². The summed E-state index contributed by atoms with van der Waals surface area (Å²) in [6.45, 7) is 5.49. The minimum absolute atomic E-state index is 0.393. The number of para-hydroxylation sites is 1. The molecule has 0 bridgehead atoms. The molecule has 17 heavy (non-hydrogen) atoms. The Morgan fingerprint density at radius 2 is 2.18 bits per heavy atom. The number of aromatic hydroxyl groups is 1. The minimum Gasteiger partial charge on any atom is -0.506 e. The molecular weight excluding hydrogens is 278 g/mol. The van der Waals surface area contributed by atoms with E-state index >= 15 is 0 Å². The molecule has 1 heterocycles. The molecule has 3 heteroatoms. The Hall–Kier alpha value is -0.540. The average molecular weight is 298 g/mol. The van der Waals surface area contributed by atoms with Crippen LogP contribution in [0.1, 0.15) is 31.7 Å². The quantitative estimate of drug-likeness (QED) is 0.898. The van der Waals surface area contributed by atoms with E-state index in [2.05, 4.69) is 27.8 Å². The molecule has 1 unspecified atom stereocenters. The Bertz CT molecular complexity index is 380. The molecular formula is C14H20BrNO. The third kappa shape index (κ3) is 3.46. The summed E-state index contributed by atoms with van der Waals surface area (Å²) in [7, 11) is 0. The van der Waals surface area contributed by atoms with Gasteiger partial charge in [-0.2, -0.15) is 0 Å². The van der Waals surface area contributed by atoms with E-state index < -0.39 is 0 Å². The molecule has 1 atom stereocenters.